The molecule has 0 aromatic rings. The number of imide groups is 1. The van der Waals surface area contributed by atoms with Gasteiger partial charge in [-0.15, -0.1) is 0 Å². The van der Waals surface area contributed by atoms with Gasteiger partial charge in [-0.1, -0.05) is 19.3 Å². The Hall–Kier alpha value is -0.900. The molecule has 3 fully saturated rings. The van der Waals surface area contributed by atoms with E-state index < -0.39 is 6.10 Å². The van der Waals surface area contributed by atoms with Gasteiger partial charge in [0.05, 0.1) is 24.5 Å². The summed E-state index contributed by atoms with van der Waals surface area (Å²) < 4.78 is 0. The number of carbonyl (C=O) groups is 2. The molecule has 0 aromatic heterocycles. The van der Waals surface area contributed by atoms with Crippen molar-refractivity contribution in [2.45, 2.75) is 51.0 Å². The Morgan fingerprint density at radius 1 is 1.00 bits per heavy atom. The predicted octanol–water partition coefficient (Wildman–Crippen LogP) is 1.32. The van der Waals surface area contributed by atoms with Crippen molar-refractivity contribution in [3.05, 3.63) is 0 Å². The Balaban J connectivity index is 1.65. The van der Waals surface area contributed by atoms with Gasteiger partial charge < -0.3 is 5.11 Å². The molecule has 18 heavy (non-hydrogen) atoms. The monoisotopic (exact) mass is 251 g/mol. The molecule has 1 N–H and O–H groups in total. The van der Waals surface area contributed by atoms with E-state index in [1.54, 1.807) is 0 Å². The lowest BCUT2D eigenvalue weighted by atomic mass is 10.00. The van der Waals surface area contributed by atoms with Crippen LogP contribution in [0.4, 0.5) is 0 Å². The molecular weight excluding hydrogens is 230 g/mol. The molecule has 3 atom stereocenters. The lowest BCUT2D eigenvalue weighted by Crippen LogP contribution is -2.40. The predicted molar refractivity (Wildman–Crippen MR) is 65.5 cm³/mol. The summed E-state index contributed by atoms with van der Waals surface area (Å²) in [5, 5.41) is 10.2. The minimum Gasteiger partial charge on any atom is -0.391 e. The van der Waals surface area contributed by atoms with Crippen molar-refractivity contribution in [1.82, 2.24) is 4.90 Å². The number of fused-ring (bicyclic) bond motifs is 1. The molecule has 1 saturated heterocycles. The molecule has 1 heterocycles. The van der Waals surface area contributed by atoms with Gasteiger partial charge in [-0.25, -0.2) is 0 Å². The average molecular weight is 251 g/mol. The zero-order valence-corrected chi connectivity index (χ0v) is 10.7. The van der Waals surface area contributed by atoms with Gasteiger partial charge in [-0.05, 0) is 31.6 Å². The van der Waals surface area contributed by atoms with Gasteiger partial charge in [0.15, 0.2) is 0 Å². The fraction of sp³-hybridized carbons (Fsp3) is 0.857. The first kappa shape index (κ1) is 12.2. The van der Waals surface area contributed by atoms with Crippen LogP contribution in [0, 0.1) is 17.8 Å². The van der Waals surface area contributed by atoms with Crippen LogP contribution in [0.1, 0.15) is 44.9 Å². The van der Waals surface area contributed by atoms with Crippen molar-refractivity contribution in [3.63, 3.8) is 0 Å². The van der Waals surface area contributed by atoms with Crippen molar-refractivity contribution in [2.24, 2.45) is 17.8 Å². The van der Waals surface area contributed by atoms with E-state index >= 15 is 0 Å². The SMILES string of the molecule is O=C1C2CCCC2C(=O)N1CC(O)C1CCCC1. The number of aliphatic hydroxyl groups excluding tert-OH is 1. The van der Waals surface area contributed by atoms with Crippen LogP contribution in [0.5, 0.6) is 0 Å². The summed E-state index contributed by atoms with van der Waals surface area (Å²) in [6.45, 7) is 0.231. The van der Waals surface area contributed by atoms with Crippen molar-refractivity contribution >= 4 is 11.8 Å². The molecule has 3 rings (SSSR count). The van der Waals surface area contributed by atoms with Crippen molar-refractivity contribution in [3.8, 4) is 0 Å². The third kappa shape index (κ3) is 1.87. The zero-order valence-electron chi connectivity index (χ0n) is 10.7. The maximum atomic E-state index is 12.1. The number of hydrogen-bond donors (Lipinski definition) is 1. The third-order valence-electron chi connectivity index (χ3n) is 5.00. The minimum absolute atomic E-state index is 0.0282. The largest absolute Gasteiger partial charge is 0.391 e. The highest BCUT2D eigenvalue weighted by atomic mass is 16.3. The van der Waals surface area contributed by atoms with Gasteiger partial charge in [-0.3, -0.25) is 14.5 Å². The summed E-state index contributed by atoms with van der Waals surface area (Å²) in [6, 6.07) is 0. The second-order valence-electron chi connectivity index (χ2n) is 6.04. The molecular formula is C14H21NO3. The number of nitrogens with zero attached hydrogens (tertiary/aromatic N) is 1. The van der Waals surface area contributed by atoms with Gasteiger partial charge in [-0.2, -0.15) is 0 Å². The van der Waals surface area contributed by atoms with Crippen LogP contribution in [0.3, 0.4) is 0 Å². The summed E-state index contributed by atoms with van der Waals surface area (Å²) in [4.78, 5) is 25.6. The van der Waals surface area contributed by atoms with E-state index in [0.717, 1.165) is 44.9 Å². The third-order valence-corrected chi connectivity index (χ3v) is 5.00. The second-order valence-corrected chi connectivity index (χ2v) is 6.04. The molecule has 100 valence electrons. The molecule has 1 aliphatic heterocycles. The summed E-state index contributed by atoms with van der Waals surface area (Å²) in [5.74, 6) is 0.0756. The summed E-state index contributed by atoms with van der Waals surface area (Å²) in [6.07, 6.45) is 6.57. The first-order valence-electron chi connectivity index (χ1n) is 7.22. The molecule has 3 unspecified atom stereocenters. The van der Waals surface area contributed by atoms with Gasteiger partial charge >= 0.3 is 0 Å². The van der Waals surface area contributed by atoms with E-state index in [2.05, 4.69) is 0 Å². The topological polar surface area (TPSA) is 57.6 Å². The van der Waals surface area contributed by atoms with Crippen molar-refractivity contribution < 1.29 is 14.7 Å². The van der Waals surface area contributed by atoms with E-state index in [-0.39, 0.29) is 36.1 Å². The van der Waals surface area contributed by atoms with Crippen LogP contribution in [-0.2, 0) is 9.59 Å². The number of amides is 2. The molecule has 0 spiro atoms. The van der Waals surface area contributed by atoms with Crippen LogP contribution in [0.25, 0.3) is 0 Å². The van der Waals surface area contributed by atoms with Gasteiger partial charge in [0.1, 0.15) is 0 Å². The second kappa shape index (κ2) is 4.65. The Labute approximate surface area is 107 Å². The summed E-state index contributed by atoms with van der Waals surface area (Å²) in [5.41, 5.74) is 0. The summed E-state index contributed by atoms with van der Waals surface area (Å²) >= 11 is 0. The van der Waals surface area contributed by atoms with E-state index in [4.69, 9.17) is 0 Å². The average Bonchev–Trinajstić information content (AvgIpc) is 3.05. The van der Waals surface area contributed by atoms with Gasteiger partial charge in [0.2, 0.25) is 11.8 Å². The number of rotatable bonds is 3. The number of hydrogen-bond acceptors (Lipinski definition) is 3. The van der Waals surface area contributed by atoms with E-state index in [0.29, 0.717) is 0 Å². The molecule has 4 nitrogen and oxygen atoms in total. The number of aliphatic hydroxyl groups is 1. The summed E-state index contributed by atoms with van der Waals surface area (Å²) in [7, 11) is 0. The van der Waals surface area contributed by atoms with Crippen LogP contribution in [0.2, 0.25) is 0 Å². The first-order valence-corrected chi connectivity index (χ1v) is 7.22. The maximum absolute atomic E-state index is 12.1. The molecule has 0 bridgehead atoms. The van der Waals surface area contributed by atoms with Gasteiger partial charge in [0, 0.05) is 0 Å². The molecule has 2 aliphatic carbocycles. The van der Waals surface area contributed by atoms with Crippen LogP contribution >= 0.6 is 0 Å². The minimum atomic E-state index is -0.515. The zero-order chi connectivity index (χ0) is 12.7. The highest BCUT2D eigenvalue weighted by Crippen LogP contribution is 2.40. The van der Waals surface area contributed by atoms with E-state index in [9.17, 15) is 14.7 Å². The molecule has 0 radical (unpaired) electrons. The van der Waals surface area contributed by atoms with Crippen LogP contribution in [0.15, 0.2) is 0 Å². The Bertz CT molecular complexity index is 340. The molecule has 0 aromatic carbocycles. The lowest BCUT2D eigenvalue weighted by molar-refractivity contribution is -0.142. The highest BCUT2D eigenvalue weighted by molar-refractivity contribution is 6.05. The maximum Gasteiger partial charge on any atom is 0.233 e. The number of carbonyl (C=O) groups excluding carboxylic acids is 2. The molecule has 4 heteroatoms. The standard InChI is InChI=1S/C14H21NO3/c16-12(9-4-1-2-5-9)8-15-13(17)10-6-3-7-11(10)14(15)18/h9-12,16H,1-8H2. The normalized spacial score (nSPS) is 34.4. The lowest BCUT2D eigenvalue weighted by Gasteiger charge is -2.23. The number of likely N-dealkylation sites (tertiary alicyclic amines) is 1. The highest BCUT2D eigenvalue weighted by Gasteiger charge is 2.50. The molecule has 3 aliphatic rings. The smallest absolute Gasteiger partial charge is 0.233 e. The van der Waals surface area contributed by atoms with Crippen LogP contribution in [-0.4, -0.2) is 34.5 Å². The fourth-order valence-electron chi connectivity index (χ4n) is 3.92. The quantitative estimate of drug-likeness (QED) is 0.770. The van der Waals surface area contributed by atoms with E-state index in [1.807, 2.05) is 0 Å². The Morgan fingerprint density at radius 2 is 1.56 bits per heavy atom. The van der Waals surface area contributed by atoms with Crippen molar-refractivity contribution in [1.29, 1.82) is 0 Å². The Morgan fingerprint density at radius 3 is 2.11 bits per heavy atom. The molecule has 2 saturated carbocycles. The molecule has 2 amide bonds. The van der Waals surface area contributed by atoms with E-state index in [1.165, 1.54) is 4.90 Å². The number of β-amino-alcohol motifs (C(OH)–C–C–N with tert-alkyl or cyclic N) is 1. The van der Waals surface area contributed by atoms with Gasteiger partial charge in [0.25, 0.3) is 0 Å². The first-order chi connectivity index (χ1) is 8.68. The Kier molecular flexibility index (Phi) is 3.14. The fourth-order valence-corrected chi connectivity index (χ4v) is 3.92. The van der Waals surface area contributed by atoms with Crippen molar-refractivity contribution in [2.75, 3.05) is 6.54 Å². The van der Waals surface area contributed by atoms with Crippen LogP contribution < -0.4 is 0 Å².